The summed E-state index contributed by atoms with van der Waals surface area (Å²) >= 11 is 0. The number of amides is 1. The molecule has 0 unspecified atom stereocenters. The zero-order valence-corrected chi connectivity index (χ0v) is 13.6. The largest absolute Gasteiger partial charge is 0.481 e. The Kier molecular flexibility index (Phi) is 3.88. The monoisotopic (exact) mass is 315 g/mol. The van der Waals surface area contributed by atoms with Crippen molar-refractivity contribution in [2.45, 2.75) is 46.1 Å². The van der Waals surface area contributed by atoms with E-state index in [0.29, 0.717) is 25.0 Å². The molecule has 0 saturated heterocycles. The number of fused-ring (bicyclic) bond motifs is 1. The third-order valence-electron chi connectivity index (χ3n) is 4.81. The molecular formula is C18H21NO4. The molecule has 1 aromatic carbocycles. The molecule has 0 spiro atoms. The molecule has 23 heavy (non-hydrogen) atoms. The molecule has 5 heteroatoms. The molecule has 122 valence electrons. The van der Waals surface area contributed by atoms with E-state index in [0.717, 1.165) is 27.7 Å². The first-order valence-corrected chi connectivity index (χ1v) is 7.91. The first kappa shape index (κ1) is 15.6. The first-order chi connectivity index (χ1) is 10.9. The topological polar surface area (TPSA) is 79.5 Å². The van der Waals surface area contributed by atoms with Crippen molar-refractivity contribution in [1.29, 1.82) is 0 Å². The van der Waals surface area contributed by atoms with Gasteiger partial charge in [-0.25, -0.2) is 0 Å². The number of carbonyl (C=O) groups excluding carboxylic acids is 1. The van der Waals surface area contributed by atoms with Crippen molar-refractivity contribution in [3.63, 3.8) is 0 Å². The summed E-state index contributed by atoms with van der Waals surface area (Å²) in [5.74, 6) is -1.07. The van der Waals surface area contributed by atoms with E-state index in [1.165, 1.54) is 0 Å². The highest BCUT2D eigenvalue weighted by molar-refractivity contribution is 6.00. The van der Waals surface area contributed by atoms with Gasteiger partial charge in [0.1, 0.15) is 5.58 Å². The fraction of sp³-hybridized carbons (Fsp3) is 0.444. The van der Waals surface area contributed by atoms with Crippen molar-refractivity contribution in [3.8, 4) is 0 Å². The number of benzene rings is 1. The summed E-state index contributed by atoms with van der Waals surface area (Å²) in [7, 11) is 0. The minimum atomic E-state index is -0.784. The van der Waals surface area contributed by atoms with Gasteiger partial charge in [0.2, 0.25) is 0 Å². The summed E-state index contributed by atoms with van der Waals surface area (Å²) in [6.07, 6.45) is 1.79. The Bertz CT molecular complexity index is 790. The Morgan fingerprint density at radius 1 is 1.17 bits per heavy atom. The fourth-order valence-electron chi connectivity index (χ4n) is 3.48. The van der Waals surface area contributed by atoms with Gasteiger partial charge in [0.25, 0.3) is 5.91 Å². The van der Waals surface area contributed by atoms with E-state index < -0.39 is 5.97 Å². The minimum absolute atomic E-state index is 0.0987. The summed E-state index contributed by atoms with van der Waals surface area (Å²) in [5, 5.41) is 13.0. The summed E-state index contributed by atoms with van der Waals surface area (Å²) in [6, 6.07) is 3.91. The molecule has 2 N–H and O–H groups in total. The van der Waals surface area contributed by atoms with Gasteiger partial charge in [-0.1, -0.05) is 12.1 Å². The molecule has 3 rings (SSSR count). The van der Waals surface area contributed by atoms with Crippen molar-refractivity contribution in [2.75, 3.05) is 0 Å². The maximum absolute atomic E-state index is 12.5. The van der Waals surface area contributed by atoms with E-state index in [2.05, 4.69) is 5.32 Å². The molecule has 0 bridgehead atoms. The van der Waals surface area contributed by atoms with Crippen LogP contribution in [-0.2, 0) is 4.79 Å². The highest BCUT2D eigenvalue weighted by Crippen LogP contribution is 2.31. The average molecular weight is 315 g/mol. The van der Waals surface area contributed by atoms with Crippen molar-refractivity contribution >= 4 is 22.8 Å². The molecule has 0 aliphatic heterocycles. The smallest absolute Gasteiger partial charge is 0.306 e. The van der Waals surface area contributed by atoms with Gasteiger partial charge in [0, 0.05) is 17.0 Å². The van der Waals surface area contributed by atoms with Crippen LogP contribution in [0, 0.1) is 26.7 Å². The van der Waals surface area contributed by atoms with E-state index >= 15 is 0 Å². The van der Waals surface area contributed by atoms with Gasteiger partial charge in [0.15, 0.2) is 5.76 Å². The molecule has 1 amide bonds. The van der Waals surface area contributed by atoms with Crippen LogP contribution in [0.15, 0.2) is 16.5 Å². The van der Waals surface area contributed by atoms with Crippen molar-refractivity contribution in [2.24, 2.45) is 5.92 Å². The number of carboxylic acids is 1. The predicted molar refractivity (Wildman–Crippen MR) is 86.7 cm³/mol. The number of carboxylic acid groups (broad SMARTS) is 1. The van der Waals surface area contributed by atoms with Crippen LogP contribution >= 0.6 is 0 Å². The predicted octanol–water partition coefficient (Wildman–Crippen LogP) is 3.34. The summed E-state index contributed by atoms with van der Waals surface area (Å²) in [5.41, 5.74) is 3.67. The van der Waals surface area contributed by atoms with Gasteiger partial charge >= 0.3 is 5.97 Å². The van der Waals surface area contributed by atoms with Gasteiger partial charge in [-0.15, -0.1) is 0 Å². The fourth-order valence-corrected chi connectivity index (χ4v) is 3.48. The van der Waals surface area contributed by atoms with Crippen molar-refractivity contribution in [3.05, 3.63) is 34.6 Å². The summed E-state index contributed by atoms with van der Waals surface area (Å²) in [4.78, 5) is 23.6. The molecule has 1 aliphatic carbocycles. The molecule has 1 saturated carbocycles. The van der Waals surface area contributed by atoms with E-state index in [1.807, 2.05) is 32.9 Å². The second-order valence-corrected chi connectivity index (χ2v) is 6.48. The molecule has 0 radical (unpaired) electrons. The molecule has 1 aromatic heterocycles. The van der Waals surface area contributed by atoms with Crippen LogP contribution in [0.4, 0.5) is 0 Å². The molecule has 1 fully saturated rings. The number of aryl methyl sites for hydroxylation is 3. The number of rotatable bonds is 3. The molecular weight excluding hydrogens is 294 g/mol. The van der Waals surface area contributed by atoms with Gasteiger partial charge in [-0.05, 0) is 51.2 Å². The third kappa shape index (κ3) is 2.71. The second kappa shape index (κ2) is 5.72. The number of aliphatic carboxylic acids is 1. The second-order valence-electron chi connectivity index (χ2n) is 6.48. The van der Waals surface area contributed by atoms with Crippen LogP contribution in [0.5, 0.6) is 0 Å². The first-order valence-electron chi connectivity index (χ1n) is 7.91. The quantitative estimate of drug-likeness (QED) is 0.910. The van der Waals surface area contributed by atoms with Gasteiger partial charge in [-0.3, -0.25) is 9.59 Å². The molecule has 1 heterocycles. The normalized spacial score (nSPS) is 20.8. The van der Waals surface area contributed by atoms with Gasteiger partial charge in [0.05, 0.1) is 5.92 Å². The van der Waals surface area contributed by atoms with Crippen LogP contribution in [0.2, 0.25) is 0 Å². The van der Waals surface area contributed by atoms with Crippen molar-refractivity contribution < 1.29 is 19.1 Å². The molecule has 1 aliphatic rings. The Labute approximate surface area is 134 Å². The summed E-state index contributed by atoms with van der Waals surface area (Å²) < 4.78 is 5.83. The van der Waals surface area contributed by atoms with Crippen LogP contribution in [-0.4, -0.2) is 23.0 Å². The lowest BCUT2D eigenvalue weighted by Gasteiger charge is -2.11. The Morgan fingerprint density at radius 2 is 1.87 bits per heavy atom. The van der Waals surface area contributed by atoms with Crippen LogP contribution in [0.1, 0.15) is 46.5 Å². The van der Waals surface area contributed by atoms with E-state index in [9.17, 15) is 9.59 Å². The molecule has 5 nitrogen and oxygen atoms in total. The van der Waals surface area contributed by atoms with E-state index in [-0.39, 0.29) is 17.9 Å². The number of furan rings is 1. The standard InChI is InChI=1S/C18H21NO4/c1-9-4-5-10(2)15-14(9)11(3)16(23-15)17(20)19-13-7-6-12(8-13)18(21)22/h4-5,12-13H,6-8H2,1-3H3,(H,19,20)(H,21,22)/t12-,13+/m0/s1. The van der Waals surface area contributed by atoms with E-state index in [4.69, 9.17) is 9.52 Å². The summed E-state index contributed by atoms with van der Waals surface area (Å²) in [6.45, 7) is 5.85. The lowest BCUT2D eigenvalue weighted by Crippen LogP contribution is -2.33. The number of hydrogen-bond acceptors (Lipinski definition) is 3. The molecule has 2 atom stereocenters. The lowest BCUT2D eigenvalue weighted by atomic mass is 10.0. The van der Waals surface area contributed by atoms with Crippen LogP contribution in [0.3, 0.4) is 0 Å². The Morgan fingerprint density at radius 3 is 2.48 bits per heavy atom. The number of hydrogen-bond donors (Lipinski definition) is 2. The third-order valence-corrected chi connectivity index (χ3v) is 4.81. The van der Waals surface area contributed by atoms with Gasteiger partial charge in [-0.2, -0.15) is 0 Å². The highest BCUT2D eigenvalue weighted by atomic mass is 16.4. The lowest BCUT2D eigenvalue weighted by molar-refractivity contribution is -0.141. The zero-order valence-electron chi connectivity index (χ0n) is 13.6. The van der Waals surface area contributed by atoms with Gasteiger partial charge < -0.3 is 14.8 Å². The maximum Gasteiger partial charge on any atom is 0.306 e. The SMILES string of the molecule is Cc1ccc(C)c2c(C)c(C(=O)N[C@@H]3CC[C@H](C(=O)O)C3)oc12. The molecule has 2 aromatic rings. The number of carbonyl (C=O) groups is 2. The number of nitrogens with one attached hydrogen (secondary N) is 1. The maximum atomic E-state index is 12.5. The average Bonchev–Trinajstić information content (AvgIpc) is 3.08. The van der Waals surface area contributed by atoms with Crippen LogP contribution < -0.4 is 5.32 Å². The Hall–Kier alpha value is -2.30. The highest BCUT2D eigenvalue weighted by Gasteiger charge is 2.31. The zero-order chi connectivity index (χ0) is 16.7. The van der Waals surface area contributed by atoms with Crippen molar-refractivity contribution in [1.82, 2.24) is 5.32 Å². The minimum Gasteiger partial charge on any atom is -0.481 e. The van der Waals surface area contributed by atoms with E-state index in [1.54, 1.807) is 0 Å². The van der Waals surface area contributed by atoms with Crippen LogP contribution in [0.25, 0.3) is 11.0 Å². The Balaban J connectivity index is 1.85.